The highest BCUT2D eigenvalue weighted by atomic mass is 79.9. The average molecular weight is 406 g/mol. The highest BCUT2D eigenvalue weighted by Crippen LogP contribution is 2.20. The standard InChI is InChI=1S/C18H20BrN3O3/c1-25-16-9-5-2-6-13(16)10-11-20-18(24)21-12-17(23)22-15-8-4-3-7-14(15)19/h2-9H,10-12H2,1H3,(H,22,23)(H2,20,21,24). The van der Waals surface area contributed by atoms with Crippen molar-refractivity contribution in [2.45, 2.75) is 6.42 Å². The molecule has 0 heterocycles. The van der Waals surface area contributed by atoms with Crippen LogP contribution in [0.4, 0.5) is 10.5 Å². The second-order valence-corrected chi connectivity index (χ2v) is 6.05. The van der Waals surface area contributed by atoms with E-state index in [0.717, 1.165) is 15.8 Å². The molecule has 2 rings (SSSR count). The van der Waals surface area contributed by atoms with Gasteiger partial charge in [0.1, 0.15) is 5.75 Å². The molecular formula is C18H20BrN3O3. The lowest BCUT2D eigenvalue weighted by Gasteiger charge is -2.10. The highest BCUT2D eigenvalue weighted by molar-refractivity contribution is 9.10. The molecule has 0 aromatic heterocycles. The molecule has 0 atom stereocenters. The van der Waals surface area contributed by atoms with E-state index in [1.807, 2.05) is 42.5 Å². The predicted molar refractivity (Wildman–Crippen MR) is 101 cm³/mol. The first-order valence-corrected chi connectivity index (χ1v) is 8.57. The zero-order valence-electron chi connectivity index (χ0n) is 13.8. The van der Waals surface area contributed by atoms with Crippen LogP contribution in [0, 0.1) is 0 Å². The zero-order chi connectivity index (χ0) is 18.1. The summed E-state index contributed by atoms with van der Waals surface area (Å²) in [5.41, 5.74) is 1.67. The molecule has 3 amide bonds. The van der Waals surface area contributed by atoms with Gasteiger partial charge < -0.3 is 20.7 Å². The number of hydrogen-bond acceptors (Lipinski definition) is 3. The number of anilines is 1. The molecule has 7 heteroatoms. The molecule has 2 aromatic rings. The molecule has 0 spiro atoms. The minimum absolute atomic E-state index is 0.109. The number of hydrogen-bond donors (Lipinski definition) is 3. The molecule has 0 bridgehead atoms. The molecule has 3 N–H and O–H groups in total. The number of rotatable bonds is 7. The minimum atomic E-state index is -0.392. The average Bonchev–Trinajstić information content (AvgIpc) is 2.62. The number of halogens is 1. The van der Waals surface area contributed by atoms with Gasteiger partial charge in [-0.15, -0.1) is 0 Å². The molecule has 6 nitrogen and oxygen atoms in total. The first kappa shape index (κ1) is 18.8. The predicted octanol–water partition coefficient (Wildman–Crippen LogP) is 2.94. The largest absolute Gasteiger partial charge is 0.496 e. The quantitative estimate of drug-likeness (QED) is 0.662. The van der Waals surface area contributed by atoms with Gasteiger partial charge in [0.15, 0.2) is 0 Å². The van der Waals surface area contributed by atoms with Gasteiger partial charge in [0.2, 0.25) is 5.91 Å². The summed E-state index contributed by atoms with van der Waals surface area (Å²) in [6, 6.07) is 14.5. The lowest BCUT2D eigenvalue weighted by Crippen LogP contribution is -2.40. The number of para-hydroxylation sites is 2. The van der Waals surface area contributed by atoms with Gasteiger partial charge in [-0.2, -0.15) is 0 Å². The second-order valence-electron chi connectivity index (χ2n) is 5.20. The van der Waals surface area contributed by atoms with Gasteiger partial charge in [-0.25, -0.2) is 4.79 Å². The van der Waals surface area contributed by atoms with Crippen molar-refractivity contribution in [1.29, 1.82) is 0 Å². The van der Waals surface area contributed by atoms with E-state index in [1.165, 1.54) is 0 Å². The molecule has 0 aliphatic carbocycles. The minimum Gasteiger partial charge on any atom is -0.496 e. The third-order valence-electron chi connectivity index (χ3n) is 3.43. The van der Waals surface area contributed by atoms with E-state index in [2.05, 4.69) is 31.9 Å². The summed E-state index contributed by atoms with van der Waals surface area (Å²) in [6.07, 6.45) is 0.639. The van der Waals surface area contributed by atoms with Crippen molar-refractivity contribution < 1.29 is 14.3 Å². The summed E-state index contributed by atoms with van der Waals surface area (Å²) in [4.78, 5) is 23.6. The maximum atomic E-state index is 11.9. The van der Waals surface area contributed by atoms with E-state index >= 15 is 0 Å². The molecule has 132 valence electrons. The van der Waals surface area contributed by atoms with Crippen LogP contribution in [0.25, 0.3) is 0 Å². The third-order valence-corrected chi connectivity index (χ3v) is 4.12. The molecule has 0 saturated heterocycles. The lowest BCUT2D eigenvalue weighted by atomic mass is 10.1. The van der Waals surface area contributed by atoms with Gasteiger partial charge in [0.05, 0.1) is 19.3 Å². The fourth-order valence-corrected chi connectivity index (χ4v) is 2.58. The van der Waals surface area contributed by atoms with Crippen LogP contribution in [-0.2, 0) is 11.2 Å². The van der Waals surface area contributed by atoms with Crippen LogP contribution in [-0.4, -0.2) is 32.1 Å². The smallest absolute Gasteiger partial charge is 0.315 e. The summed E-state index contributed by atoms with van der Waals surface area (Å²) in [5, 5.41) is 7.96. The van der Waals surface area contributed by atoms with Crippen LogP contribution in [0.5, 0.6) is 5.75 Å². The Hall–Kier alpha value is -2.54. The number of methoxy groups -OCH3 is 1. The first-order chi connectivity index (χ1) is 12.1. The van der Waals surface area contributed by atoms with Crippen LogP contribution in [0.15, 0.2) is 53.0 Å². The van der Waals surface area contributed by atoms with Crippen molar-refractivity contribution in [3.8, 4) is 5.75 Å². The number of benzene rings is 2. The molecule has 0 aliphatic rings. The Morgan fingerprint density at radius 2 is 1.76 bits per heavy atom. The van der Waals surface area contributed by atoms with Crippen LogP contribution in [0.2, 0.25) is 0 Å². The van der Waals surface area contributed by atoms with E-state index in [4.69, 9.17) is 4.74 Å². The third kappa shape index (κ3) is 6.11. The Morgan fingerprint density at radius 1 is 1.04 bits per heavy atom. The van der Waals surface area contributed by atoms with E-state index in [9.17, 15) is 9.59 Å². The van der Waals surface area contributed by atoms with Crippen LogP contribution >= 0.6 is 15.9 Å². The number of carbonyl (C=O) groups excluding carboxylic acids is 2. The molecule has 0 saturated carbocycles. The summed E-state index contributed by atoms with van der Waals surface area (Å²) < 4.78 is 6.04. The fourth-order valence-electron chi connectivity index (χ4n) is 2.20. The summed E-state index contributed by atoms with van der Waals surface area (Å²) >= 11 is 3.35. The van der Waals surface area contributed by atoms with E-state index in [1.54, 1.807) is 13.2 Å². The number of urea groups is 1. The maximum absolute atomic E-state index is 11.9. The lowest BCUT2D eigenvalue weighted by molar-refractivity contribution is -0.115. The number of amides is 3. The molecule has 2 aromatic carbocycles. The second kappa shape index (κ2) is 9.68. The number of ether oxygens (including phenoxy) is 1. The van der Waals surface area contributed by atoms with Gasteiger partial charge >= 0.3 is 6.03 Å². The molecule has 0 aliphatic heterocycles. The van der Waals surface area contributed by atoms with Gasteiger partial charge in [-0.05, 0) is 46.1 Å². The van der Waals surface area contributed by atoms with Crippen molar-refractivity contribution in [2.24, 2.45) is 0 Å². The fraction of sp³-hybridized carbons (Fsp3) is 0.222. The Morgan fingerprint density at radius 3 is 2.52 bits per heavy atom. The van der Waals surface area contributed by atoms with Crippen molar-refractivity contribution in [3.05, 3.63) is 58.6 Å². The summed E-state index contributed by atoms with van der Waals surface area (Å²) in [7, 11) is 1.61. The molecule has 0 fully saturated rings. The van der Waals surface area contributed by atoms with E-state index < -0.39 is 6.03 Å². The first-order valence-electron chi connectivity index (χ1n) is 7.78. The van der Waals surface area contributed by atoms with Crippen LogP contribution < -0.4 is 20.7 Å². The van der Waals surface area contributed by atoms with Gasteiger partial charge in [0, 0.05) is 11.0 Å². The van der Waals surface area contributed by atoms with Crippen LogP contribution in [0.3, 0.4) is 0 Å². The monoisotopic (exact) mass is 405 g/mol. The van der Waals surface area contributed by atoms with Gasteiger partial charge in [0.25, 0.3) is 0 Å². The highest BCUT2D eigenvalue weighted by Gasteiger charge is 2.08. The summed E-state index contributed by atoms with van der Waals surface area (Å²) in [5.74, 6) is 0.490. The summed E-state index contributed by atoms with van der Waals surface area (Å²) in [6.45, 7) is 0.333. The number of nitrogens with one attached hydrogen (secondary N) is 3. The van der Waals surface area contributed by atoms with Gasteiger partial charge in [-0.1, -0.05) is 30.3 Å². The normalized spacial score (nSPS) is 10.0. The van der Waals surface area contributed by atoms with Crippen LogP contribution in [0.1, 0.15) is 5.56 Å². The Kier molecular flexibility index (Phi) is 7.28. The van der Waals surface area contributed by atoms with Crippen molar-refractivity contribution in [1.82, 2.24) is 10.6 Å². The van der Waals surface area contributed by atoms with Crippen molar-refractivity contribution in [2.75, 3.05) is 25.5 Å². The zero-order valence-corrected chi connectivity index (χ0v) is 15.4. The van der Waals surface area contributed by atoms with Gasteiger partial charge in [-0.3, -0.25) is 4.79 Å². The van der Waals surface area contributed by atoms with E-state index in [0.29, 0.717) is 18.7 Å². The Bertz CT molecular complexity index is 737. The molecular weight excluding hydrogens is 386 g/mol. The topological polar surface area (TPSA) is 79.5 Å². The maximum Gasteiger partial charge on any atom is 0.315 e. The molecule has 25 heavy (non-hydrogen) atoms. The molecule has 0 radical (unpaired) electrons. The molecule has 0 unspecified atom stereocenters. The Labute approximate surface area is 155 Å². The Balaban J connectivity index is 1.70. The van der Waals surface area contributed by atoms with Crippen molar-refractivity contribution >= 4 is 33.6 Å². The van der Waals surface area contributed by atoms with Crippen molar-refractivity contribution in [3.63, 3.8) is 0 Å². The van der Waals surface area contributed by atoms with E-state index in [-0.39, 0.29) is 12.5 Å². The number of carbonyl (C=O) groups is 2. The SMILES string of the molecule is COc1ccccc1CCNC(=O)NCC(=O)Nc1ccccc1Br.